The number of carbonyl (C=O) groups excluding carboxylic acids is 1. The molecule has 1 amide bonds. The van der Waals surface area contributed by atoms with E-state index in [-0.39, 0.29) is 23.3 Å². The van der Waals surface area contributed by atoms with Gasteiger partial charge in [0.1, 0.15) is 0 Å². The fourth-order valence-corrected chi connectivity index (χ4v) is 5.22. The average Bonchev–Trinajstić information content (AvgIpc) is 2.82. The topological polar surface area (TPSA) is 73.2 Å². The number of halogens is 1. The Kier molecular flexibility index (Phi) is 8.06. The molecule has 1 aromatic heterocycles. The molecule has 2 aromatic carbocycles. The average molecular weight is 486 g/mol. The van der Waals surface area contributed by atoms with Crippen molar-refractivity contribution in [2.45, 2.75) is 50.4 Å². The van der Waals surface area contributed by atoms with E-state index in [4.69, 9.17) is 16.3 Å². The first-order chi connectivity index (χ1) is 16.1. The molecule has 0 aliphatic heterocycles. The van der Waals surface area contributed by atoms with Gasteiger partial charge in [0.25, 0.3) is 5.56 Å². The Labute approximate surface area is 202 Å². The smallest absolute Gasteiger partial charge is 0.262 e. The van der Waals surface area contributed by atoms with Crippen LogP contribution in [0.25, 0.3) is 10.9 Å². The number of aromatic nitrogens is 2. The number of hydrogen-bond donors (Lipinski definition) is 1. The van der Waals surface area contributed by atoms with Gasteiger partial charge in [0.15, 0.2) is 5.16 Å². The highest BCUT2D eigenvalue weighted by atomic mass is 35.5. The summed E-state index contributed by atoms with van der Waals surface area (Å²) in [5, 5.41) is 4.73. The summed E-state index contributed by atoms with van der Waals surface area (Å²) in [6, 6.07) is 13.4. The van der Waals surface area contributed by atoms with Crippen LogP contribution in [-0.4, -0.2) is 34.4 Å². The normalized spacial score (nSPS) is 15.4. The zero-order chi connectivity index (χ0) is 23.2. The molecule has 0 spiro atoms. The number of ether oxygens (including phenoxy) is 1. The second-order valence-corrected chi connectivity index (χ2v) is 9.44. The molecule has 1 atom stereocenters. The first-order valence-corrected chi connectivity index (χ1v) is 12.7. The van der Waals surface area contributed by atoms with Crippen LogP contribution in [0, 0.1) is 0 Å². The van der Waals surface area contributed by atoms with E-state index in [9.17, 15) is 9.59 Å². The van der Waals surface area contributed by atoms with Crippen LogP contribution < -0.4 is 10.9 Å². The Balaban J connectivity index is 1.51. The quantitative estimate of drug-likeness (QED) is 0.268. The number of carbonyl (C=O) groups is 1. The molecule has 3 aromatic rings. The number of nitrogens with one attached hydrogen (secondary N) is 1. The van der Waals surface area contributed by atoms with Gasteiger partial charge >= 0.3 is 0 Å². The lowest BCUT2D eigenvalue weighted by molar-refractivity contribution is -0.119. The van der Waals surface area contributed by atoms with Crippen molar-refractivity contribution >= 4 is 40.2 Å². The zero-order valence-electron chi connectivity index (χ0n) is 18.7. The summed E-state index contributed by atoms with van der Waals surface area (Å²) < 4.78 is 7.07. The van der Waals surface area contributed by atoms with Crippen molar-refractivity contribution in [2.75, 3.05) is 19.0 Å². The van der Waals surface area contributed by atoms with Crippen molar-refractivity contribution in [3.05, 3.63) is 69.0 Å². The lowest BCUT2D eigenvalue weighted by Gasteiger charge is -2.26. The maximum Gasteiger partial charge on any atom is 0.262 e. The SMILES string of the molecule is CCOCCCn1c(SCC(=O)NC2CCCc3ccccc32)nc2cc(Cl)ccc2c1=O. The summed E-state index contributed by atoms with van der Waals surface area (Å²) in [4.78, 5) is 30.6. The number of nitrogens with zero attached hydrogens (tertiary/aromatic N) is 2. The number of benzene rings is 2. The van der Waals surface area contributed by atoms with Crippen LogP contribution in [0.2, 0.25) is 5.02 Å². The first-order valence-electron chi connectivity index (χ1n) is 11.3. The molecule has 0 bridgehead atoms. The molecule has 4 rings (SSSR count). The van der Waals surface area contributed by atoms with Crippen molar-refractivity contribution in [2.24, 2.45) is 0 Å². The molecular formula is C25H28ClN3O3S. The van der Waals surface area contributed by atoms with Crippen LogP contribution in [-0.2, 0) is 22.5 Å². The lowest BCUT2D eigenvalue weighted by atomic mass is 9.88. The number of hydrogen-bond acceptors (Lipinski definition) is 5. The van der Waals surface area contributed by atoms with Crippen LogP contribution in [0.1, 0.15) is 43.4 Å². The van der Waals surface area contributed by atoms with E-state index >= 15 is 0 Å². The van der Waals surface area contributed by atoms with Gasteiger partial charge in [0, 0.05) is 24.8 Å². The summed E-state index contributed by atoms with van der Waals surface area (Å²) >= 11 is 7.40. The monoisotopic (exact) mass is 485 g/mol. The van der Waals surface area contributed by atoms with E-state index in [1.807, 2.05) is 19.1 Å². The Morgan fingerprint density at radius 2 is 2.15 bits per heavy atom. The summed E-state index contributed by atoms with van der Waals surface area (Å²) in [7, 11) is 0. The molecule has 0 fully saturated rings. The largest absolute Gasteiger partial charge is 0.382 e. The standard InChI is InChI=1S/C25H28ClN3O3S/c1-2-32-14-6-13-29-24(31)20-12-11-18(26)15-22(20)28-25(29)33-16-23(30)27-21-10-5-8-17-7-3-4-9-19(17)21/h3-4,7,9,11-12,15,21H,2,5-6,8,10,13-14,16H2,1H3,(H,27,30). The summed E-state index contributed by atoms with van der Waals surface area (Å²) in [5.41, 5.74) is 2.92. The second kappa shape index (κ2) is 11.2. The van der Waals surface area contributed by atoms with Gasteiger partial charge in [-0.2, -0.15) is 0 Å². The van der Waals surface area contributed by atoms with Crippen molar-refractivity contribution in [3.63, 3.8) is 0 Å². The highest BCUT2D eigenvalue weighted by Crippen LogP contribution is 2.29. The van der Waals surface area contributed by atoms with Gasteiger partial charge in [-0.1, -0.05) is 47.6 Å². The highest BCUT2D eigenvalue weighted by molar-refractivity contribution is 7.99. The van der Waals surface area contributed by atoms with Gasteiger partial charge < -0.3 is 10.1 Å². The molecule has 174 valence electrons. The molecule has 1 unspecified atom stereocenters. The molecule has 0 radical (unpaired) electrons. The van der Waals surface area contributed by atoms with E-state index in [1.165, 1.54) is 22.9 Å². The Morgan fingerprint density at radius 1 is 1.30 bits per heavy atom. The van der Waals surface area contributed by atoms with Crippen molar-refractivity contribution < 1.29 is 9.53 Å². The fraction of sp³-hybridized carbons (Fsp3) is 0.400. The number of aryl methyl sites for hydroxylation is 1. The second-order valence-electron chi connectivity index (χ2n) is 8.06. The molecule has 1 aliphatic carbocycles. The summed E-state index contributed by atoms with van der Waals surface area (Å²) in [6.45, 7) is 3.62. The highest BCUT2D eigenvalue weighted by Gasteiger charge is 2.22. The molecule has 0 saturated carbocycles. The van der Waals surface area contributed by atoms with Gasteiger partial charge in [0.05, 0.1) is 22.7 Å². The fourth-order valence-electron chi connectivity index (χ4n) is 4.22. The van der Waals surface area contributed by atoms with E-state index < -0.39 is 0 Å². The minimum atomic E-state index is -0.128. The number of thioether (sulfide) groups is 1. The third-order valence-electron chi connectivity index (χ3n) is 5.79. The van der Waals surface area contributed by atoms with Crippen LogP contribution in [0.3, 0.4) is 0 Å². The van der Waals surface area contributed by atoms with Crippen molar-refractivity contribution in [1.82, 2.24) is 14.9 Å². The molecule has 8 heteroatoms. The van der Waals surface area contributed by atoms with Crippen LogP contribution in [0.15, 0.2) is 52.4 Å². The zero-order valence-corrected chi connectivity index (χ0v) is 20.3. The van der Waals surface area contributed by atoms with E-state index in [0.717, 1.165) is 19.3 Å². The number of rotatable bonds is 9. The number of amides is 1. The molecule has 0 saturated heterocycles. The van der Waals surface area contributed by atoms with Crippen molar-refractivity contribution in [3.8, 4) is 0 Å². The molecular weight excluding hydrogens is 458 g/mol. The predicted octanol–water partition coefficient (Wildman–Crippen LogP) is 4.76. The third kappa shape index (κ3) is 5.78. The van der Waals surface area contributed by atoms with Crippen LogP contribution >= 0.6 is 23.4 Å². The minimum Gasteiger partial charge on any atom is -0.382 e. The number of fused-ring (bicyclic) bond motifs is 2. The molecule has 1 N–H and O–H groups in total. The minimum absolute atomic E-state index is 0.0276. The van der Waals surface area contributed by atoms with Crippen LogP contribution in [0.5, 0.6) is 0 Å². The van der Waals surface area contributed by atoms with Gasteiger partial charge in [0.2, 0.25) is 5.91 Å². The van der Waals surface area contributed by atoms with Gasteiger partial charge in [-0.05, 0) is 61.9 Å². The Morgan fingerprint density at radius 3 is 3.00 bits per heavy atom. The maximum atomic E-state index is 13.1. The maximum absolute atomic E-state index is 13.1. The first kappa shape index (κ1) is 23.8. The van der Waals surface area contributed by atoms with E-state index in [1.54, 1.807) is 22.8 Å². The molecule has 33 heavy (non-hydrogen) atoms. The van der Waals surface area contributed by atoms with Crippen molar-refractivity contribution in [1.29, 1.82) is 0 Å². The Hall–Kier alpha value is -2.35. The summed E-state index contributed by atoms with van der Waals surface area (Å²) in [6.07, 6.45) is 3.73. The van der Waals surface area contributed by atoms with Gasteiger partial charge in [-0.15, -0.1) is 0 Å². The molecule has 1 heterocycles. The predicted molar refractivity (Wildman–Crippen MR) is 133 cm³/mol. The van der Waals surface area contributed by atoms with E-state index in [2.05, 4.69) is 22.4 Å². The Bertz CT molecular complexity index is 1200. The van der Waals surface area contributed by atoms with E-state index in [0.29, 0.717) is 47.3 Å². The third-order valence-corrected chi connectivity index (χ3v) is 7.01. The molecule has 6 nitrogen and oxygen atoms in total. The molecule has 1 aliphatic rings. The summed E-state index contributed by atoms with van der Waals surface area (Å²) in [5.74, 6) is 0.117. The lowest BCUT2D eigenvalue weighted by Crippen LogP contribution is -2.32. The van der Waals surface area contributed by atoms with Gasteiger partial charge in [-0.3, -0.25) is 14.2 Å². The van der Waals surface area contributed by atoms with Gasteiger partial charge in [-0.25, -0.2) is 4.98 Å². The van der Waals surface area contributed by atoms with Crippen LogP contribution in [0.4, 0.5) is 0 Å².